The number of unbranched alkanes of at least 4 members (excludes halogenated alkanes) is 1. The van der Waals surface area contributed by atoms with E-state index in [1.165, 1.54) is 36.0 Å². The zero-order chi connectivity index (χ0) is 11.3. The molecule has 1 rings (SSSR count). The molecule has 0 bridgehead atoms. The molecule has 0 saturated heterocycles. The first-order chi connectivity index (χ1) is 7.15. The maximum atomic E-state index is 4.23. The Labute approximate surface area is 99.6 Å². The normalized spacial score (nSPS) is 16.7. The smallest absolute Gasteiger partial charge is 0.00670 e. The molecule has 0 radical (unpaired) electrons. The summed E-state index contributed by atoms with van der Waals surface area (Å²) in [5.74, 6) is 1.61. The summed E-state index contributed by atoms with van der Waals surface area (Å²) < 4.78 is 0. The van der Waals surface area contributed by atoms with Crippen LogP contribution in [0, 0.1) is 5.92 Å². The summed E-state index contributed by atoms with van der Waals surface area (Å²) >= 11 is 4.23. The molecule has 15 heavy (non-hydrogen) atoms. The minimum atomic E-state index is 0.604. The van der Waals surface area contributed by atoms with Crippen LogP contribution in [0.5, 0.6) is 0 Å². The van der Waals surface area contributed by atoms with Crippen LogP contribution in [0.25, 0.3) is 0 Å². The summed E-state index contributed by atoms with van der Waals surface area (Å²) in [6, 6.07) is 0. The van der Waals surface area contributed by atoms with Crippen LogP contribution in [-0.2, 0) is 0 Å². The first-order valence-corrected chi connectivity index (χ1v) is 6.47. The van der Waals surface area contributed by atoms with Gasteiger partial charge in [0.1, 0.15) is 0 Å². The first kappa shape index (κ1) is 12.6. The fourth-order valence-electron chi connectivity index (χ4n) is 2.00. The zero-order valence-electron chi connectivity index (χ0n) is 9.92. The predicted octanol–water partition coefficient (Wildman–Crippen LogP) is 4.56. The average Bonchev–Trinajstić information content (AvgIpc) is 2.17. The molecule has 84 valence electrons. The van der Waals surface area contributed by atoms with E-state index in [2.05, 4.69) is 45.2 Å². The van der Waals surface area contributed by atoms with E-state index in [4.69, 9.17) is 0 Å². The molecule has 1 aliphatic carbocycles. The van der Waals surface area contributed by atoms with E-state index < -0.39 is 0 Å². The van der Waals surface area contributed by atoms with Crippen LogP contribution >= 0.6 is 12.6 Å². The maximum absolute atomic E-state index is 4.23. The summed E-state index contributed by atoms with van der Waals surface area (Å²) in [7, 11) is 0. The molecule has 0 aromatic carbocycles. The Hall–Kier alpha value is -0.430. The lowest BCUT2D eigenvalue weighted by molar-refractivity contribution is 0.740. The fourth-order valence-corrected chi connectivity index (χ4v) is 2.22. The zero-order valence-corrected chi connectivity index (χ0v) is 10.8. The van der Waals surface area contributed by atoms with Crippen molar-refractivity contribution in [2.75, 3.05) is 5.75 Å². The summed E-state index contributed by atoms with van der Waals surface area (Å²) in [6.07, 6.45) is 9.31. The van der Waals surface area contributed by atoms with Crippen molar-refractivity contribution in [2.24, 2.45) is 5.92 Å². The highest BCUT2D eigenvalue weighted by atomic mass is 32.1. The van der Waals surface area contributed by atoms with E-state index in [9.17, 15) is 0 Å². The third-order valence-electron chi connectivity index (χ3n) is 2.88. The van der Waals surface area contributed by atoms with Gasteiger partial charge in [0.2, 0.25) is 0 Å². The van der Waals surface area contributed by atoms with E-state index in [0.29, 0.717) is 5.92 Å². The lowest BCUT2D eigenvalue weighted by Crippen LogP contribution is -2.02. The van der Waals surface area contributed by atoms with Crippen LogP contribution in [0.15, 0.2) is 35.5 Å². The minimum absolute atomic E-state index is 0.604. The fraction of sp³-hybridized carbons (Fsp3) is 0.571. The standard InChI is InChI=1S/C14H22S/c1-11(2)14-8-7-13(10-12(14)3)6-4-5-9-15/h7-8,11,15H,3-6,9-10H2,1-2H3. The molecular formula is C14H22S. The van der Waals surface area contributed by atoms with Crippen molar-refractivity contribution in [1.29, 1.82) is 0 Å². The SMILES string of the molecule is C=C1CC(CCCCS)=CC=C1C(C)C. The van der Waals surface area contributed by atoms with Crippen LogP contribution < -0.4 is 0 Å². The molecule has 0 N–H and O–H groups in total. The molecule has 0 nitrogen and oxygen atoms in total. The van der Waals surface area contributed by atoms with E-state index in [1.807, 2.05) is 0 Å². The lowest BCUT2D eigenvalue weighted by Gasteiger charge is -2.20. The van der Waals surface area contributed by atoms with Crippen molar-refractivity contribution in [3.05, 3.63) is 35.5 Å². The Balaban J connectivity index is 2.53. The van der Waals surface area contributed by atoms with Gasteiger partial charge in [-0.15, -0.1) is 0 Å². The van der Waals surface area contributed by atoms with Gasteiger partial charge in [0.25, 0.3) is 0 Å². The van der Waals surface area contributed by atoms with Gasteiger partial charge >= 0.3 is 0 Å². The van der Waals surface area contributed by atoms with Gasteiger partial charge in [0, 0.05) is 0 Å². The molecule has 0 unspecified atom stereocenters. The molecule has 0 heterocycles. The van der Waals surface area contributed by atoms with Crippen molar-refractivity contribution < 1.29 is 0 Å². The number of thiol groups is 1. The Morgan fingerprint density at radius 3 is 2.60 bits per heavy atom. The van der Waals surface area contributed by atoms with Crippen LogP contribution in [0.4, 0.5) is 0 Å². The van der Waals surface area contributed by atoms with Gasteiger partial charge < -0.3 is 0 Å². The summed E-state index contributed by atoms with van der Waals surface area (Å²) in [5.41, 5.74) is 4.27. The molecule has 0 aromatic rings. The minimum Gasteiger partial charge on any atom is -0.179 e. The second kappa shape index (κ2) is 6.22. The molecule has 1 heteroatoms. The molecule has 0 aromatic heterocycles. The Morgan fingerprint density at radius 1 is 1.33 bits per heavy atom. The molecule has 0 aliphatic heterocycles. The van der Waals surface area contributed by atoms with Gasteiger partial charge in [-0.2, -0.15) is 12.6 Å². The monoisotopic (exact) mass is 222 g/mol. The third-order valence-corrected chi connectivity index (χ3v) is 3.19. The molecule has 0 saturated carbocycles. The average molecular weight is 222 g/mol. The highest BCUT2D eigenvalue weighted by Crippen LogP contribution is 2.30. The number of rotatable bonds is 5. The molecule has 0 atom stereocenters. The second-order valence-corrected chi connectivity index (χ2v) is 5.01. The van der Waals surface area contributed by atoms with Crippen LogP contribution in [0.1, 0.15) is 39.5 Å². The van der Waals surface area contributed by atoms with Crippen LogP contribution in [0.3, 0.4) is 0 Å². The van der Waals surface area contributed by atoms with E-state index >= 15 is 0 Å². The molecular weight excluding hydrogens is 200 g/mol. The van der Waals surface area contributed by atoms with E-state index in [-0.39, 0.29) is 0 Å². The van der Waals surface area contributed by atoms with E-state index in [1.54, 1.807) is 0 Å². The molecule has 0 amide bonds. The van der Waals surface area contributed by atoms with Gasteiger partial charge in [-0.05, 0) is 48.5 Å². The third kappa shape index (κ3) is 3.90. The van der Waals surface area contributed by atoms with E-state index in [0.717, 1.165) is 12.2 Å². The predicted molar refractivity (Wildman–Crippen MR) is 72.5 cm³/mol. The summed E-state index contributed by atoms with van der Waals surface area (Å²) in [4.78, 5) is 0. The summed E-state index contributed by atoms with van der Waals surface area (Å²) in [6.45, 7) is 8.64. The van der Waals surface area contributed by atoms with Crippen molar-refractivity contribution in [1.82, 2.24) is 0 Å². The van der Waals surface area contributed by atoms with Crippen LogP contribution in [-0.4, -0.2) is 5.75 Å². The highest BCUT2D eigenvalue weighted by Gasteiger charge is 2.12. The van der Waals surface area contributed by atoms with Crippen molar-refractivity contribution >= 4 is 12.6 Å². The number of hydrogen-bond donors (Lipinski definition) is 1. The van der Waals surface area contributed by atoms with Gasteiger partial charge in [-0.3, -0.25) is 0 Å². The summed E-state index contributed by atoms with van der Waals surface area (Å²) in [5, 5.41) is 0. The highest BCUT2D eigenvalue weighted by molar-refractivity contribution is 7.80. The largest absolute Gasteiger partial charge is 0.179 e. The second-order valence-electron chi connectivity index (χ2n) is 4.56. The topological polar surface area (TPSA) is 0 Å². The molecule has 0 spiro atoms. The molecule has 1 aliphatic rings. The van der Waals surface area contributed by atoms with Crippen LogP contribution in [0.2, 0.25) is 0 Å². The van der Waals surface area contributed by atoms with Gasteiger partial charge in [0.15, 0.2) is 0 Å². The number of hydrogen-bond acceptors (Lipinski definition) is 1. The number of allylic oxidation sites excluding steroid dienone is 5. The molecule has 0 fully saturated rings. The van der Waals surface area contributed by atoms with Crippen molar-refractivity contribution in [3.63, 3.8) is 0 Å². The Bertz CT molecular complexity index is 282. The first-order valence-electron chi connectivity index (χ1n) is 5.83. The van der Waals surface area contributed by atoms with Gasteiger partial charge in [0.05, 0.1) is 0 Å². The van der Waals surface area contributed by atoms with Crippen molar-refractivity contribution in [3.8, 4) is 0 Å². The Kier molecular flexibility index (Phi) is 5.24. The van der Waals surface area contributed by atoms with Crippen molar-refractivity contribution in [2.45, 2.75) is 39.5 Å². The Morgan fingerprint density at radius 2 is 2.07 bits per heavy atom. The maximum Gasteiger partial charge on any atom is -0.00670 e. The quantitative estimate of drug-likeness (QED) is 0.512. The lowest BCUT2D eigenvalue weighted by atomic mass is 9.86. The van der Waals surface area contributed by atoms with Gasteiger partial charge in [-0.25, -0.2) is 0 Å². The van der Waals surface area contributed by atoms with Gasteiger partial charge in [-0.1, -0.05) is 38.2 Å².